The summed E-state index contributed by atoms with van der Waals surface area (Å²) in [4.78, 5) is 12.5. The van der Waals surface area contributed by atoms with Crippen LogP contribution in [0.4, 0.5) is 4.79 Å². The highest BCUT2D eigenvalue weighted by molar-refractivity contribution is 5.66. The van der Waals surface area contributed by atoms with E-state index in [-0.39, 0.29) is 6.04 Å². The number of hydrogen-bond acceptors (Lipinski definition) is 3. The van der Waals surface area contributed by atoms with Gasteiger partial charge in [0.25, 0.3) is 0 Å². The van der Waals surface area contributed by atoms with Crippen LogP contribution in [-0.2, 0) is 0 Å². The third kappa shape index (κ3) is 2.82. The number of amides is 1. The molecule has 0 aliphatic carbocycles. The zero-order chi connectivity index (χ0) is 11.6. The second kappa shape index (κ2) is 4.37. The first-order valence-corrected chi connectivity index (χ1v) is 5.25. The minimum absolute atomic E-state index is 0.302. The van der Waals surface area contributed by atoms with Crippen LogP contribution < -0.4 is 5.32 Å². The van der Waals surface area contributed by atoms with Crippen molar-refractivity contribution in [2.75, 3.05) is 13.1 Å². The zero-order valence-corrected chi connectivity index (χ0v) is 9.53. The minimum atomic E-state index is -0.964. The normalized spacial score (nSPS) is 27.5. The van der Waals surface area contributed by atoms with Gasteiger partial charge < -0.3 is 15.5 Å². The molecular weight excluding hydrogens is 196 g/mol. The molecule has 0 aromatic heterocycles. The Morgan fingerprint density at radius 3 is 2.47 bits per heavy atom. The van der Waals surface area contributed by atoms with E-state index in [9.17, 15) is 15.0 Å². The van der Waals surface area contributed by atoms with Crippen LogP contribution in [0.25, 0.3) is 0 Å². The molecule has 1 heterocycles. The number of β-amino-alcohol motifs (C(OH)–C–C–N with tert-alkyl or cyclic N) is 1. The molecule has 0 bridgehead atoms. The number of hydrogen-bond donors (Lipinski definition) is 3. The predicted octanol–water partition coefficient (Wildman–Crippen LogP) is 0.488. The second-order valence-electron chi connectivity index (χ2n) is 4.95. The van der Waals surface area contributed by atoms with Crippen molar-refractivity contribution in [1.29, 1.82) is 0 Å². The SMILES string of the molecule is CC(C)(C)N(C(=O)O)[C@@H]1CCNC[C@H]1O. The molecule has 1 amide bonds. The Hall–Kier alpha value is -0.810. The molecule has 0 radical (unpaired) electrons. The molecule has 0 aromatic carbocycles. The molecule has 1 aliphatic rings. The molecule has 0 saturated carbocycles. The molecule has 1 fully saturated rings. The van der Waals surface area contributed by atoms with E-state index >= 15 is 0 Å². The van der Waals surface area contributed by atoms with Gasteiger partial charge in [0, 0.05) is 12.1 Å². The second-order valence-corrected chi connectivity index (χ2v) is 4.95. The van der Waals surface area contributed by atoms with Crippen molar-refractivity contribution in [1.82, 2.24) is 10.2 Å². The number of piperidine rings is 1. The molecule has 5 heteroatoms. The van der Waals surface area contributed by atoms with Gasteiger partial charge in [0.2, 0.25) is 0 Å². The summed E-state index contributed by atoms with van der Waals surface area (Å²) < 4.78 is 0. The maximum absolute atomic E-state index is 11.2. The summed E-state index contributed by atoms with van der Waals surface area (Å²) >= 11 is 0. The lowest BCUT2D eigenvalue weighted by molar-refractivity contribution is -0.00589. The molecule has 15 heavy (non-hydrogen) atoms. The molecule has 1 aliphatic heterocycles. The fourth-order valence-corrected chi connectivity index (χ4v) is 2.06. The molecular formula is C10H20N2O3. The lowest BCUT2D eigenvalue weighted by Gasteiger charge is -2.43. The predicted molar refractivity (Wildman–Crippen MR) is 56.9 cm³/mol. The van der Waals surface area contributed by atoms with Gasteiger partial charge in [-0.3, -0.25) is 4.90 Å². The van der Waals surface area contributed by atoms with Crippen molar-refractivity contribution in [3.63, 3.8) is 0 Å². The summed E-state index contributed by atoms with van der Waals surface area (Å²) in [5, 5.41) is 22.0. The van der Waals surface area contributed by atoms with Crippen LogP contribution in [-0.4, -0.2) is 52.0 Å². The van der Waals surface area contributed by atoms with Crippen LogP contribution in [0.5, 0.6) is 0 Å². The van der Waals surface area contributed by atoms with Gasteiger partial charge in [-0.2, -0.15) is 0 Å². The van der Waals surface area contributed by atoms with Crippen LogP contribution in [0, 0.1) is 0 Å². The van der Waals surface area contributed by atoms with Crippen molar-refractivity contribution >= 4 is 6.09 Å². The van der Waals surface area contributed by atoms with E-state index in [1.165, 1.54) is 4.90 Å². The molecule has 1 saturated heterocycles. The van der Waals surface area contributed by atoms with Gasteiger partial charge in [0.05, 0.1) is 12.1 Å². The van der Waals surface area contributed by atoms with Gasteiger partial charge in [-0.05, 0) is 33.7 Å². The van der Waals surface area contributed by atoms with Gasteiger partial charge in [-0.25, -0.2) is 4.79 Å². The van der Waals surface area contributed by atoms with E-state index in [1.54, 1.807) is 0 Å². The summed E-state index contributed by atoms with van der Waals surface area (Å²) in [5.41, 5.74) is -0.477. The van der Waals surface area contributed by atoms with Crippen molar-refractivity contribution in [3.05, 3.63) is 0 Å². The molecule has 3 N–H and O–H groups in total. The van der Waals surface area contributed by atoms with Crippen LogP contribution in [0.2, 0.25) is 0 Å². The summed E-state index contributed by atoms with van der Waals surface area (Å²) in [6.07, 6.45) is -0.924. The van der Waals surface area contributed by atoms with E-state index in [0.29, 0.717) is 13.0 Å². The molecule has 88 valence electrons. The number of aliphatic hydroxyl groups is 1. The van der Waals surface area contributed by atoms with Crippen LogP contribution in [0.15, 0.2) is 0 Å². The lowest BCUT2D eigenvalue weighted by Crippen LogP contribution is -2.60. The van der Waals surface area contributed by atoms with E-state index in [4.69, 9.17) is 0 Å². The Morgan fingerprint density at radius 2 is 2.07 bits per heavy atom. The van der Waals surface area contributed by atoms with Gasteiger partial charge in [-0.1, -0.05) is 0 Å². The highest BCUT2D eigenvalue weighted by Crippen LogP contribution is 2.22. The Kier molecular flexibility index (Phi) is 3.57. The fraction of sp³-hybridized carbons (Fsp3) is 0.900. The van der Waals surface area contributed by atoms with E-state index in [2.05, 4.69) is 5.32 Å². The molecule has 2 atom stereocenters. The smallest absolute Gasteiger partial charge is 0.408 e. The summed E-state index contributed by atoms with van der Waals surface area (Å²) in [6.45, 7) is 6.74. The van der Waals surface area contributed by atoms with Crippen molar-refractivity contribution < 1.29 is 15.0 Å². The summed E-state index contributed by atoms with van der Waals surface area (Å²) in [5.74, 6) is 0. The maximum Gasteiger partial charge on any atom is 0.408 e. The topological polar surface area (TPSA) is 72.8 Å². The number of carbonyl (C=O) groups is 1. The first-order valence-electron chi connectivity index (χ1n) is 5.25. The van der Waals surface area contributed by atoms with E-state index in [1.807, 2.05) is 20.8 Å². The highest BCUT2D eigenvalue weighted by Gasteiger charge is 2.38. The van der Waals surface area contributed by atoms with Crippen LogP contribution >= 0.6 is 0 Å². The van der Waals surface area contributed by atoms with Gasteiger partial charge in [-0.15, -0.1) is 0 Å². The van der Waals surface area contributed by atoms with Gasteiger partial charge in [0.15, 0.2) is 0 Å². The molecule has 1 rings (SSSR count). The third-order valence-corrected chi connectivity index (χ3v) is 2.67. The molecule has 0 aromatic rings. The van der Waals surface area contributed by atoms with Gasteiger partial charge >= 0.3 is 6.09 Å². The summed E-state index contributed by atoms with van der Waals surface area (Å²) in [6, 6.07) is -0.302. The van der Waals surface area contributed by atoms with E-state index in [0.717, 1.165) is 6.54 Å². The first kappa shape index (κ1) is 12.3. The number of nitrogens with one attached hydrogen (secondary N) is 1. The molecule has 0 unspecified atom stereocenters. The lowest BCUT2D eigenvalue weighted by atomic mass is 9.96. The molecule has 0 spiro atoms. The molecule has 5 nitrogen and oxygen atoms in total. The van der Waals surface area contributed by atoms with Crippen molar-refractivity contribution in [2.45, 2.75) is 44.9 Å². The number of nitrogens with zero attached hydrogens (tertiary/aromatic N) is 1. The van der Waals surface area contributed by atoms with Crippen molar-refractivity contribution in [2.24, 2.45) is 0 Å². The Bertz CT molecular complexity index is 237. The number of rotatable bonds is 1. The fourth-order valence-electron chi connectivity index (χ4n) is 2.06. The van der Waals surface area contributed by atoms with Gasteiger partial charge in [0.1, 0.15) is 0 Å². The average Bonchev–Trinajstić information content (AvgIpc) is 2.05. The summed E-state index contributed by atoms with van der Waals surface area (Å²) in [7, 11) is 0. The maximum atomic E-state index is 11.2. The third-order valence-electron chi connectivity index (χ3n) is 2.67. The first-order chi connectivity index (χ1) is 6.84. The highest BCUT2D eigenvalue weighted by atomic mass is 16.4. The Balaban J connectivity index is 2.83. The largest absolute Gasteiger partial charge is 0.465 e. The van der Waals surface area contributed by atoms with Crippen LogP contribution in [0.1, 0.15) is 27.2 Å². The minimum Gasteiger partial charge on any atom is -0.465 e. The standard InChI is InChI=1S/C10H20N2O3/c1-10(2,3)12(9(14)15)7-4-5-11-6-8(7)13/h7-8,11,13H,4-6H2,1-3H3,(H,14,15)/t7-,8-/m1/s1. The van der Waals surface area contributed by atoms with Crippen LogP contribution in [0.3, 0.4) is 0 Å². The quantitative estimate of drug-likeness (QED) is 0.596. The van der Waals surface area contributed by atoms with Crippen molar-refractivity contribution in [3.8, 4) is 0 Å². The average molecular weight is 216 g/mol. The zero-order valence-electron chi connectivity index (χ0n) is 9.53. The number of aliphatic hydroxyl groups excluding tert-OH is 1. The Morgan fingerprint density at radius 1 is 1.47 bits per heavy atom. The number of carboxylic acid groups (broad SMARTS) is 1. The van der Waals surface area contributed by atoms with E-state index < -0.39 is 17.7 Å². The monoisotopic (exact) mass is 216 g/mol. The Labute approximate surface area is 90.1 Å².